The second kappa shape index (κ2) is 16.6. The van der Waals surface area contributed by atoms with Crippen LogP contribution in [-0.2, 0) is 14.7 Å². The molecule has 0 amide bonds. The molecular weight excluding hydrogens is 693 g/mol. The van der Waals surface area contributed by atoms with E-state index in [1.54, 1.807) is 0 Å². The fourth-order valence-electron chi connectivity index (χ4n) is 9.90. The molecule has 0 saturated carbocycles. The molecule has 1 aromatic heterocycles. The molecule has 1 aliphatic carbocycles. The number of fused-ring (bicyclic) bond motifs is 6. The average molecular weight is 758 g/mol. The Morgan fingerprint density at radius 3 is 1.53 bits per heavy atom. The van der Waals surface area contributed by atoms with E-state index >= 15 is 0 Å². The van der Waals surface area contributed by atoms with Gasteiger partial charge in [-0.2, -0.15) is 0 Å². The van der Waals surface area contributed by atoms with Gasteiger partial charge in [0, 0.05) is 21.9 Å². The molecule has 2 heterocycles. The van der Waals surface area contributed by atoms with Gasteiger partial charge in [-0.25, -0.2) is 0 Å². The Bertz CT molecular complexity index is 2230. The van der Waals surface area contributed by atoms with Crippen LogP contribution in [0.15, 0.2) is 109 Å². The lowest BCUT2D eigenvalue weighted by molar-refractivity contribution is 0.00578. The zero-order valence-corrected chi connectivity index (χ0v) is 35.6. The molecule has 6 aromatic rings. The second-order valence-corrected chi connectivity index (χ2v) is 18.2. The number of unbranched alkanes of at least 4 members (excludes halogenated alkanes) is 10. The van der Waals surface area contributed by atoms with Crippen LogP contribution in [-0.4, -0.2) is 22.9 Å². The normalized spacial score (nSPS) is 16.4. The molecule has 0 bridgehead atoms. The zero-order chi connectivity index (χ0) is 39.6. The highest BCUT2D eigenvalue weighted by atomic mass is 16.7. The van der Waals surface area contributed by atoms with Crippen LogP contribution in [0.5, 0.6) is 0 Å². The first kappa shape index (κ1) is 39.7. The maximum absolute atomic E-state index is 6.66. The number of hydrogen-bond donors (Lipinski definition) is 0. The second-order valence-electron chi connectivity index (χ2n) is 18.2. The van der Waals surface area contributed by atoms with Crippen molar-refractivity contribution in [2.75, 3.05) is 0 Å². The number of nitrogens with zero attached hydrogens (tertiary/aromatic N) is 1. The van der Waals surface area contributed by atoms with E-state index in [2.05, 4.69) is 155 Å². The summed E-state index contributed by atoms with van der Waals surface area (Å²) in [6.45, 7) is 13.3. The summed E-state index contributed by atoms with van der Waals surface area (Å²) < 4.78 is 15.7. The highest BCUT2D eigenvalue weighted by molar-refractivity contribution is 6.62. The van der Waals surface area contributed by atoms with Gasteiger partial charge in [-0.1, -0.05) is 170 Å². The van der Waals surface area contributed by atoms with Crippen LogP contribution in [0.25, 0.3) is 49.7 Å². The van der Waals surface area contributed by atoms with Gasteiger partial charge < -0.3 is 13.9 Å². The van der Waals surface area contributed by atoms with E-state index in [0.717, 1.165) is 5.46 Å². The minimum atomic E-state index is -0.375. The Morgan fingerprint density at radius 2 is 0.965 bits per heavy atom. The van der Waals surface area contributed by atoms with E-state index in [1.165, 1.54) is 151 Å². The topological polar surface area (TPSA) is 23.4 Å². The summed E-state index contributed by atoms with van der Waals surface area (Å²) in [6.07, 6.45) is 18.0. The Kier molecular flexibility index (Phi) is 11.6. The molecule has 1 aliphatic heterocycles. The van der Waals surface area contributed by atoms with Crippen molar-refractivity contribution in [3.05, 3.63) is 120 Å². The predicted molar refractivity (Wildman–Crippen MR) is 244 cm³/mol. The lowest BCUT2D eigenvalue weighted by Gasteiger charge is -2.33. The predicted octanol–water partition coefficient (Wildman–Crippen LogP) is 14.5. The molecule has 0 spiro atoms. The molecule has 2 aliphatic rings. The van der Waals surface area contributed by atoms with Gasteiger partial charge >= 0.3 is 7.12 Å². The number of benzene rings is 5. The molecule has 3 nitrogen and oxygen atoms in total. The van der Waals surface area contributed by atoms with E-state index in [0.29, 0.717) is 0 Å². The van der Waals surface area contributed by atoms with Crippen molar-refractivity contribution in [2.24, 2.45) is 0 Å². The van der Waals surface area contributed by atoms with Gasteiger partial charge in [-0.05, 0) is 110 Å². The Hall–Kier alpha value is -4.12. The molecule has 0 unspecified atom stereocenters. The summed E-state index contributed by atoms with van der Waals surface area (Å²) in [4.78, 5) is 0. The van der Waals surface area contributed by atoms with Gasteiger partial charge in [0.25, 0.3) is 0 Å². The first-order chi connectivity index (χ1) is 27.7. The Labute approximate surface area is 343 Å². The summed E-state index contributed by atoms with van der Waals surface area (Å²) in [6, 6.07) is 41.4. The van der Waals surface area contributed by atoms with Crippen LogP contribution in [0.1, 0.15) is 143 Å². The molecule has 0 atom stereocenters. The first-order valence-electron chi connectivity index (χ1n) is 22.4. The highest BCUT2D eigenvalue weighted by Gasteiger charge is 2.52. The third-order valence-corrected chi connectivity index (χ3v) is 13.9. The molecular formula is C53H64BNO2. The number of hydrogen-bond acceptors (Lipinski definition) is 2. The quantitative estimate of drug-likeness (QED) is 0.0683. The van der Waals surface area contributed by atoms with Gasteiger partial charge in [0.15, 0.2) is 0 Å². The molecule has 5 aromatic carbocycles. The monoisotopic (exact) mass is 758 g/mol. The minimum Gasteiger partial charge on any atom is -0.399 e. The van der Waals surface area contributed by atoms with Gasteiger partial charge in [-0.15, -0.1) is 0 Å². The molecule has 1 saturated heterocycles. The summed E-state index contributed by atoms with van der Waals surface area (Å²) in [5, 5.41) is 2.59. The van der Waals surface area contributed by atoms with E-state index in [9.17, 15) is 0 Å². The molecule has 0 N–H and O–H groups in total. The van der Waals surface area contributed by atoms with Crippen molar-refractivity contribution in [3.8, 4) is 27.9 Å². The highest BCUT2D eigenvalue weighted by Crippen LogP contribution is 2.55. The van der Waals surface area contributed by atoms with Crippen LogP contribution in [0.4, 0.5) is 0 Å². The van der Waals surface area contributed by atoms with Crippen LogP contribution >= 0.6 is 0 Å². The number of rotatable bonds is 17. The molecule has 296 valence electrons. The lowest BCUT2D eigenvalue weighted by atomic mass is 9.68. The smallest absolute Gasteiger partial charge is 0.399 e. The van der Waals surface area contributed by atoms with Gasteiger partial charge in [-0.3, -0.25) is 0 Å². The Morgan fingerprint density at radius 1 is 0.491 bits per heavy atom. The van der Waals surface area contributed by atoms with Crippen molar-refractivity contribution in [1.82, 2.24) is 4.57 Å². The summed E-state index contributed by atoms with van der Waals surface area (Å²) in [7, 11) is -0.367. The van der Waals surface area contributed by atoms with Crippen molar-refractivity contribution < 1.29 is 9.31 Å². The molecule has 57 heavy (non-hydrogen) atoms. The van der Waals surface area contributed by atoms with E-state index in [4.69, 9.17) is 9.31 Å². The number of para-hydroxylation sites is 2. The summed E-state index contributed by atoms with van der Waals surface area (Å²) in [5.74, 6) is 0. The van der Waals surface area contributed by atoms with Crippen LogP contribution < -0.4 is 5.46 Å². The number of aromatic nitrogens is 1. The first-order valence-corrected chi connectivity index (χ1v) is 22.4. The third-order valence-electron chi connectivity index (χ3n) is 13.9. The SMILES string of the molecule is CCCCCCCCC1(CCCCCCCC)c2cc(B3OC(C)(C)C(C)(C)O3)ccc2-c2ccc(-c3ccc(-n4c5ccccc5c5ccccc54)cc3)cc21. The molecule has 0 radical (unpaired) electrons. The van der Waals surface area contributed by atoms with Crippen LogP contribution in [0.3, 0.4) is 0 Å². The Balaban J connectivity index is 1.18. The maximum Gasteiger partial charge on any atom is 0.494 e. The standard InChI is InChI=1S/C53H64BNO2/c1-7-9-11-13-15-21-35-53(36-22-16-14-12-10-8-2)47-37-40(29-33-43(47)44-34-30-41(38-48(44)53)54-56-51(3,4)52(5,6)57-54)39-27-31-42(32-28-39)55-49-25-19-17-23-45(49)46-24-18-20-26-50(46)55/h17-20,23-34,37-38H,7-16,21-22,35-36H2,1-6H3. The van der Waals surface area contributed by atoms with Crippen molar-refractivity contribution in [1.29, 1.82) is 0 Å². The lowest BCUT2D eigenvalue weighted by Crippen LogP contribution is -2.41. The van der Waals surface area contributed by atoms with Gasteiger partial charge in [0.2, 0.25) is 0 Å². The summed E-state index contributed by atoms with van der Waals surface area (Å²) in [5.41, 5.74) is 12.4. The van der Waals surface area contributed by atoms with Gasteiger partial charge in [0.05, 0.1) is 22.2 Å². The van der Waals surface area contributed by atoms with Crippen molar-refractivity contribution in [3.63, 3.8) is 0 Å². The van der Waals surface area contributed by atoms with Crippen molar-refractivity contribution in [2.45, 2.75) is 148 Å². The van der Waals surface area contributed by atoms with Gasteiger partial charge in [0.1, 0.15) is 0 Å². The van der Waals surface area contributed by atoms with E-state index in [-0.39, 0.29) is 23.7 Å². The summed E-state index contributed by atoms with van der Waals surface area (Å²) >= 11 is 0. The van der Waals surface area contributed by atoms with Crippen LogP contribution in [0, 0.1) is 0 Å². The zero-order valence-electron chi connectivity index (χ0n) is 35.6. The third kappa shape index (κ3) is 7.54. The largest absolute Gasteiger partial charge is 0.494 e. The molecule has 1 fully saturated rings. The van der Waals surface area contributed by atoms with Crippen LogP contribution in [0.2, 0.25) is 0 Å². The molecule has 4 heteroatoms. The van der Waals surface area contributed by atoms with E-state index in [1.807, 2.05) is 0 Å². The fourth-order valence-corrected chi connectivity index (χ4v) is 9.90. The fraction of sp³-hybridized carbons (Fsp3) is 0.434. The minimum absolute atomic E-state index is 0.0429. The average Bonchev–Trinajstić information content (AvgIpc) is 3.78. The maximum atomic E-state index is 6.66. The van der Waals surface area contributed by atoms with Crippen molar-refractivity contribution >= 4 is 34.4 Å². The van der Waals surface area contributed by atoms with E-state index < -0.39 is 0 Å². The molecule has 8 rings (SSSR count).